The number of hydrogen-bond acceptors (Lipinski definition) is 3. The third-order valence-corrected chi connectivity index (χ3v) is 12.0. The fourth-order valence-corrected chi connectivity index (χ4v) is 11.0. The second kappa shape index (κ2) is 22.3. The smallest absolute Gasteiger partial charge is 0.261 e. The molecule has 2 aromatic rings. The summed E-state index contributed by atoms with van der Waals surface area (Å²) in [4.78, 5) is 0. The van der Waals surface area contributed by atoms with Crippen molar-refractivity contribution in [2.75, 3.05) is 17.3 Å². The van der Waals surface area contributed by atoms with Crippen molar-refractivity contribution in [2.45, 2.75) is 113 Å². The molecule has 3 aliphatic carbocycles. The van der Waals surface area contributed by atoms with Gasteiger partial charge in [-0.15, -0.1) is 59.1 Å². The first-order valence-electron chi connectivity index (χ1n) is 14.9. The Morgan fingerprint density at radius 3 is 1.49 bits per heavy atom. The van der Waals surface area contributed by atoms with Crippen LogP contribution in [0.4, 0.5) is 5.69 Å². The number of benzene rings is 2. The zero-order chi connectivity index (χ0) is 29.2. The molecule has 4 nitrogen and oxygen atoms in total. The molecule has 0 aliphatic heterocycles. The Kier molecular flexibility index (Phi) is 21.2. The second-order valence-electron chi connectivity index (χ2n) is 11.0. The Hall–Kier alpha value is -0.178. The first kappa shape index (κ1) is 38.8. The molecule has 41 heavy (non-hydrogen) atoms. The summed E-state index contributed by atoms with van der Waals surface area (Å²) < 4.78 is 25.9. The van der Waals surface area contributed by atoms with E-state index in [-0.39, 0.29) is 25.8 Å². The topological polar surface area (TPSA) is 80.4 Å². The zero-order valence-corrected chi connectivity index (χ0v) is 29.2. The first-order valence-corrected chi connectivity index (χ1v) is 19.3. The van der Waals surface area contributed by atoms with Crippen LogP contribution < -0.4 is 5.73 Å². The summed E-state index contributed by atoms with van der Waals surface area (Å²) in [5, 5.41) is 0.194. The molecular weight excluding hydrogens is 687 g/mol. The van der Waals surface area contributed by atoms with E-state index in [1.807, 2.05) is 48.5 Å². The molecule has 0 radical (unpaired) electrons. The van der Waals surface area contributed by atoms with Gasteiger partial charge < -0.3 is 5.73 Å². The van der Waals surface area contributed by atoms with Crippen LogP contribution in [0.5, 0.6) is 0 Å². The minimum absolute atomic E-state index is 0. The molecule has 0 saturated heterocycles. The number of anilines is 1. The Labute approximate surface area is 275 Å². The van der Waals surface area contributed by atoms with E-state index >= 15 is 0 Å². The fourth-order valence-electron chi connectivity index (χ4n) is 6.34. The molecule has 3 saturated carbocycles. The number of nitrogens with two attached hydrogens (primary N) is 1. The number of hydrogen-bond donors (Lipinski definition) is 2. The van der Waals surface area contributed by atoms with E-state index < -0.39 is 10.1 Å². The zero-order valence-electron chi connectivity index (χ0n) is 24.4. The molecule has 0 unspecified atom stereocenters. The minimum atomic E-state index is -3.67. The Balaban J connectivity index is 0.000000332. The third kappa shape index (κ3) is 16.5. The van der Waals surface area contributed by atoms with Crippen LogP contribution in [0.1, 0.15) is 96.3 Å². The summed E-state index contributed by atoms with van der Waals surface area (Å²) in [6.45, 7) is 0. The van der Waals surface area contributed by atoms with Crippen molar-refractivity contribution in [3.63, 3.8) is 0 Å². The molecular formula is C32H49Cl2NO3PPdS-. The molecule has 3 N–H and O–H groups in total. The van der Waals surface area contributed by atoms with Gasteiger partial charge in [-0.1, -0.05) is 89.5 Å². The van der Waals surface area contributed by atoms with Crippen LogP contribution in [0, 0.1) is 6.07 Å². The van der Waals surface area contributed by atoms with Crippen molar-refractivity contribution in [1.29, 1.82) is 0 Å². The van der Waals surface area contributed by atoms with Crippen molar-refractivity contribution >= 4 is 46.9 Å². The Morgan fingerprint density at radius 2 is 1.15 bits per heavy atom. The predicted octanol–water partition coefficient (Wildman–Crippen LogP) is 10.1. The van der Waals surface area contributed by atoms with Crippen molar-refractivity contribution in [3.8, 4) is 11.1 Å². The Bertz CT molecular complexity index is 979. The van der Waals surface area contributed by atoms with E-state index in [1.54, 1.807) is 77.0 Å². The second-order valence-corrected chi connectivity index (χ2v) is 16.4. The van der Waals surface area contributed by atoms with Gasteiger partial charge in [0.2, 0.25) is 0 Å². The van der Waals surface area contributed by atoms with Crippen LogP contribution in [0.2, 0.25) is 0 Å². The van der Waals surface area contributed by atoms with E-state index in [1.165, 1.54) is 36.2 Å². The van der Waals surface area contributed by atoms with Crippen LogP contribution in [0.15, 0.2) is 48.5 Å². The third-order valence-electron chi connectivity index (χ3n) is 7.95. The van der Waals surface area contributed by atoms with Crippen molar-refractivity contribution in [3.05, 3.63) is 54.6 Å². The van der Waals surface area contributed by atoms with Gasteiger partial charge in [0.15, 0.2) is 0 Å². The van der Waals surface area contributed by atoms with Crippen LogP contribution >= 0.6 is 31.1 Å². The molecule has 2 aromatic carbocycles. The summed E-state index contributed by atoms with van der Waals surface area (Å²) in [6.07, 6.45) is 24.3. The quantitative estimate of drug-likeness (QED) is 0.0818. The van der Waals surface area contributed by atoms with Crippen molar-refractivity contribution in [1.82, 2.24) is 0 Å². The average molecular weight is 736 g/mol. The van der Waals surface area contributed by atoms with Crippen LogP contribution in [-0.2, 0) is 30.5 Å². The van der Waals surface area contributed by atoms with Gasteiger partial charge >= 0.3 is 0 Å². The van der Waals surface area contributed by atoms with Gasteiger partial charge in [0, 0.05) is 20.4 Å². The van der Waals surface area contributed by atoms with E-state index in [0.717, 1.165) is 16.8 Å². The molecule has 0 atom stereocenters. The number of nitrogen functional groups attached to an aromatic ring is 1. The maximum Gasteiger partial charge on any atom is 0.261 e. The van der Waals surface area contributed by atoms with Crippen molar-refractivity contribution < 1.29 is 33.4 Å². The van der Waals surface area contributed by atoms with E-state index in [4.69, 9.17) is 33.5 Å². The monoisotopic (exact) mass is 734 g/mol. The average Bonchev–Trinajstić information content (AvgIpc) is 2.96. The van der Waals surface area contributed by atoms with Gasteiger partial charge in [-0.2, -0.15) is 8.42 Å². The van der Waals surface area contributed by atoms with Crippen molar-refractivity contribution in [2.24, 2.45) is 0 Å². The van der Waals surface area contributed by atoms with Gasteiger partial charge in [0.1, 0.15) is 0 Å². The minimum Gasteiger partial charge on any atom is -0.406 e. The van der Waals surface area contributed by atoms with Crippen LogP contribution in [0.25, 0.3) is 11.1 Å². The van der Waals surface area contributed by atoms with E-state index in [9.17, 15) is 8.42 Å². The summed E-state index contributed by atoms with van der Waals surface area (Å²) >= 11 is 9.53. The molecule has 0 bridgehead atoms. The van der Waals surface area contributed by atoms with Gasteiger partial charge in [-0.3, -0.25) is 4.55 Å². The summed E-state index contributed by atoms with van der Waals surface area (Å²) in [5.74, 6) is 0. The summed E-state index contributed by atoms with van der Waals surface area (Å²) in [5.41, 5.74) is 12.3. The number of para-hydroxylation sites is 1. The molecule has 236 valence electrons. The van der Waals surface area contributed by atoms with Gasteiger partial charge in [0.05, 0.1) is 11.6 Å². The molecule has 5 rings (SSSR count). The van der Waals surface area contributed by atoms with Gasteiger partial charge in [0.25, 0.3) is 10.1 Å². The van der Waals surface area contributed by atoms with Gasteiger partial charge in [-0.25, -0.2) is 0 Å². The molecule has 3 aliphatic rings. The number of halogens is 2. The SMILES string of the molecule is C1CCC(P(C2CCCCC2)C2CCCCC2)CC1.CS(=O)(=O)O.ClCCl.Nc1ccccc1-c1[c-]cccc1.[Pd]. The summed E-state index contributed by atoms with van der Waals surface area (Å²) in [7, 11) is -3.28. The normalized spacial score (nSPS) is 18.4. The molecule has 9 heteroatoms. The number of rotatable bonds is 4. The first-order chi connectivity index (χ1) is 19.2. The standard InChI is InChI=1S/C18H33P.C12H10N.CH2Cl2.CH4O3S.Pd/c1-4-10-16(11-5-1)19(17-12-6-2-7-13-17)18-14-8-3-9-15-18;13-12-9-5-4-8-11(12)10-6-2-1-3-7-10;2-1-3;1-5(2,3)4;/h16-18H,1-15H2;1-6,8-9H,13H2;1H2;1H3,(H,2,3,4);/q;-1;;;. The maximum absolute atomic E-state index is 9.19. The predicted molar refractivity (Wildman–Crippen MR) is 177 cm³/mol. The van der Waals surface area contributed by atoms with Crippen LogP contribution in [-0.4, -0.2) is 41.5 Å². The molecule has 0 amide bonds. The van der Waals surface area contributed by atoms with Crippen LogP contribution in [0.3, 0.4) is 0 Å². The van der Waals surface area contributed by atoms with Gasteiger partial charge in [-0.05, 0) is 67.3 Å². The fraction of sp³-hybridized carbons (Fsp3) is 0.625. The summed E-state index contributed by atoms with van der Waals surface area (Å²) in [6, 6.07) is 18.8. The molecule has 0 spiro atoms. The molecule has 0 aromatic heterocycles. The number of alkyl halides is 2. The van der Waals surface area contributed by atoms with E-state index in [2.05, 4.69) is 6.07 Å². The Morgan fingerprint density at radius 1 is 0.780 bits per heavy atom. The molecule has 3 fully saturated rings. The molecule has 0 heterocycles. The van der Waals surface area contributed by atoms with E-state index in [0.29, 0.717) is 14.2 Å². The maximum atomic E-state index is 9.19. The largest absolute Gasteiger partial charge is 0.406 e.